The van der Waals surface area contributed by atoms with Crippen LogP contribution in [0.5, 0.6) is 0 Å². The molecular formula is C9H15N3O6S3. The van der Waals surface area contributed by atoms with Gasteiger partial charge in [-0.1, -0.05) is 0 Å². The molecule has 4 N–H and O–H groups in total. The summed E-state index contributed by atoms with van der Waals surface area (Å²) in [5.74, 6) is 0. The maximum Gasteiger partial charge on any atom is 0.421 e. The quantitative estimate of drug-likeness (QED) is 0.601. The van der Waals surface area contributed by atoms with E-state index in [0.717, 1.165) is 11.3 Å². The first-order chi connectivity index (χ1) is 9.64. The predicted molar refractivity (Wildman–Crippen MR) is 76.5 cm³/mol. The maximum absolute atomic E-state index is 11.4. The van der Waals surface area contributed by atoms with E-state index in [9.17, 15) is 21.6 Å². The monoisotopic (exact) mass is 357 g/mol. The Morgan fingerprint density at radius 2 is 2.00 bits per heavy atom. The molecule has 12 heteroatoms. The summed E-state index contributed by atoms with van der Waals surface area (Å²) in [4.78, 5) is 11.6. The smallest absolute Gasteiger partial charge is 0.421 e. The van der Waals surface area contributed by atoms with Gasteiger partial charge in [-0.05, 0) is 25.5 Å². The van der Waals surface area contributed by atoms with E-state index in [1.54, 1.807) is 11.6 Å². The summed E-state index contributed by atoms with van der Waals surface area (Å²) in [6.45, 7) is 1.58. The van der Waals surface area contributed by atoms with Gasteiger partial charge in [-0.15, -0.1) is 11.3 Å². The molecule has 0 aliphatic carbocycles. The van der Waals surface area contributed by atoms with E-state index in [2.05, 4.69) is 9.46 Å². The van der Waals surface area contributed by atoms with Crippen LogP contribution < -0.4 is 14.6 Å². The van der Waals surface area contributed by atoms with Crippen LogP contribution in [0.3, 0.4) is 0 Å². The number of thiophene rings is 1. The fourth-order valence-electron chi connectivity index (χ4n) is 1.26. The van der Waals surface area contributed by atoms with Crippen LogP contribution in [-0.2, 0) is 31.4 Å². The number of carbonyl (C=O) groups excluding carboxylic acids is 1. The standard InChI is InChI=1S/C9H15N3O6S3/c1-2-18-9(13)12-21(16,17)11-6-5-7-3-4-8(19-7)20(10,14)15/h3-4,11H,2,5-6H2,1H3,(H,12,13)(H2,10,14,15). The molecule has 0 saturated heterocycles. The first-order valence-electron chi connectivity index (χ1n) is 5.69. The summed E-state index contributed by atoms with van der Waals surface area (Å²) in [6.07, 6.45) is -0.818. The molecule has 1 rings (SSSR count). The van der Waals surface area contributed by atoms with Crippen LogP contribution in [0.15, 0.2) is 16.3 Å². The van der Waals surface area contributed by atoms with Gasteiger partial charge in [0.2, 0.25) is 10.0 Å². The minimum absolute atomic E-state index is 0.00463. The number of rotatable bonds is 7. The molecular weight excluding hydrogens is 342 g/mol. The Kier molecular flexibility index (Phi) is 6.10. The van der Waals surface area contributed by atoms with Crippen molar-refractivity contribution in [2.45, 2.75) is 17.6 Å². The highest BCUT2D eigenvalue weighted by Gasteiger charge is 2.15. The Labute approximate surface area is 126 Å². The van der Waals surface area contributed by atoms with Crippen molar-refractivity contribution < 1.29 is 26.4 Å². The zero-order valence-electron chi connectivity index (χ0n) is 11.0. The second kappa shape index (κ2) is 7.17. The number of hydrogen-bond donors (Lipinski definition) is 3. The van der Waals surface area contributed by atoms with Gasteiger partial charge in [-0.2, -0.15) is 13.1 Å². The second-order valence-corrected chi connectivity index (χ2v) is 8.19. The zero-order chi connectivity index (χ0) is 16.1. The third-order valence-corrected chi connectivity index (χ3v) is 5.68. The zero-order valence-corrected chi connectivity index (χ0v) is 13.5. The summed E-state index contributed by atoms with van der Waals surface area (Å²) in [5, 5.41) is 4.96. The van der Waals surface area contributed by atoms with Gasteiger partial charge in [0.25, 0.3) is 0 Å². The predicted octanol–water partition coefficient (Wildman–Crippen LogP) is -0.481. The summed E-state index contributed by atoms with van der Waals surface area (Å²) >= 11 is 0.953. The number of nitrogens with one attached hydrogen (secondary N) is 2. The summed E-state index contributed by atoms with van der Waals surface area (Å²) < 4.78 is 53.3. The Morgan fingerprint density at radius 3 is 2.52 bits per heavy atom. The number of carbonyl (C=O) groups is 1. The average Bonchev–Trinajstić information content (AvgIpc) is 2.76. The average molecular weight is 357 g/mol. The molecule has 0 unspecified atom stereocenters. The molecule has 1 amide bonds. The van der Waals surface area contributed by atoms with E-state index in [1.807, 2.05) is 0 Å². The normalized spacial score (nSPS) is 12.1. The summed E-state index contributed by atoms with van der Waals surface area (Å²) in [5.41, 5.74) is 0. The lowest BCUT2D eigenvalue weighted by molar-refractivity contribution is 0.158. The molecule has 9 nitrogen and oxygen atoms in total. The molecule has 21 heavy (non-hydrogen) atoms. The molecule has 0 bridgehead atoms. The van der Waals surface area contributed by atoms with Crippen molar-refractivity contribution >= 4 is 37.7 Å². The minimum Gasteiger partial charge on any atom is -0.449 e. The highest BCUT2D eigenvalue weighted by molar-refractivity contribution is 7.91. The maximum atomic E-state index is 11.4. The Hall–Kier alpha value is -1.21. The first kappa shape index (κ1) is 17.8. The first-order valence-corrected chi connectivity index (χ1v) is 9.54. The number of primary sulfonamides is 1. The third-order valence-electron chi connectivity index (χ3n) is 2.07. The Bertz CT molecular complexity index is 694. The number of ether oxygens (including phenoxy) is 1. The minimum atomic E-state index is -4.01. The van der Waals surface area contributed by atoms with Gasteiger partial charge in [-0.3, -0.25) is 0 Å². The lowest BCUT2D eigenvalue weighted by Gasteiger charge is -2.07. The van der Waals surface area contributed by atoms with Gasteiger partial charge in [0.05, 0.1) is 6.61 Å². The van der Waals surface area contributed by atoms with Gasteiger partial charge in [-0.25, -0.2) is 23.1 Å². The fraction of sp³-hybridized carbons (Fsp3) is 0.444. The molecule has 0 atom stereocenters. The number of amides is 1. The largest absolute Gasteiger partial charge is 0.449 e. The van der Waals surface area contributed by atoms with Crippen molar-refractivity contribution in [2.75, 3.05) is 13.2 Å². The molecule has 0 aromatic carbocycles. The number of hydrogen-bond acceptors (Lipinski definition) is 7. The Morgan fingerprint density at radius 1 is 1.33 bits per heavy atom. The highest BCUT2D eigenvalue weighted by atomic mass is 32.2. The van der Waals surface area contributed by atoms with Crippen molar-refractivity contribution in [1.82, 2.24) is 9.44 Å². The molecule has 0 aliphatic rings. The van der Waals surface area contributed by atoms with Crippen LogP contribution in [0.4, 0.5) is 4.79 Å². The third kappa shape index (κ3) is 6.39. The van der Waals surface area contributed by atoms with Crippen molar-refractivity contribution in [1.29, 1.82) is 0 Å². The van der Waals surface area contributed by atoms with Crippen LogP contribution in [0.25, 0.3) is 0 Å². The highest BCUT2D eigenvalue weighted by Crippen LogP contribution is 2.20. The van der Waals surface area contributed by atoms with Crippen LogP contribution >= 0.6 is 11.3 Å². The molecule has 120 valence electrons. The van der Waals surface area contributed by atoms with Crippen molar-refractivity contribution in [2.24, 2.45) is 5.14 Å². The molecule has 0 spiro atoms. The van der Waals surface area contributed by atoms with E-state index in [1.165, 1.54) is 12.1 Å². The SMILES string of the molecule is CCOC(=O)NS(=O)(=O)NCCc1ccc(S(N)(=O)=O)s1. The van der Waals surface area contributed by atoms with E-state index >= 15 is 0 Å². The fourth-order valence-corrected chi connectivity index (χ4v) is 3.76. The molecule has 0 radical (unpaired) electrons. The van der Waals surface area contributed by atoms with Crippen molar-refractivity contribution in [3.05, 3.63) is 17.0 Å². The van der Waals surface area contributed by atoms with Crippen molar-refractivity contribution in [3.8, 4) is 0 Å². The second-order valence-electron chi connectivity index (χ2n) is 3.74. The van der Waals surface area contributed by atoms with Gasteiger partial charge in [0, 0.05) is 11.4 Å². The van der Waals surface area contributed by atoms with E-state index in [0.29, 0.717) is 4.88 Å². The summed E-state index contributed by atoms with van der Waals surface area (Å²) in [7, 11) is -7.76. The van der Waals surface area contributed by atoms with Crippen LogP contribution in [0, 0.1) is 0 Å². The lowest BCUT2D eigenvalue weighted by atomic mass is 10.3. The van der Waals surface area contributed by atoms with Crippen LogP contribution in [0.2, 0.25) is 0 Å². The van der Waals surface area contributed by atoms with Gasteiger partial charge >= 0.3 is 16.3 Å². The topological polar surface area (TPSA) is 145 Å². The lowest BCUT2D eigenvalue weighted by Crippen LogP contribution is -2.41. The van der Waals surface area contributed by atoms with Gasteiger partial charge < -0.3 is 4.74 Å². The van der Waals surface area contributed by atoms with Crippen LogP contribution in [0.1, 0.15) is 11.8 Å². The number of sulfonamides is 1. The van der Waals surface area contributed by atoms with Gasteiger partial charge in [0.15, 0.2) is 0 Å². The van der Waals surface area contributed by atoms with Crippen molar-refractivity contribution in [3.63, 3.8) is 0 Å². The molecule has 0 aliphatic heterocycles. The molecule has 1 aromatic rings. The molecule has 1 heterocycles. The molecule has 0 saturated carbocycles. The molecule has 1 aromatic heterocycles. The summed E-state index contributed by atoms with van der Waals surface area (Å²) in [6, 6.07) is 2.89. The number of nitrogens with two attached hydrogens (primary N) is 1. The van der Waals surface area contributed by atoms with E-state index < -0.39 is 26.3 Å². The van der Waals surface area contributed by atoms with Gasteiger partial charge in [0.1, 0.15) is 4.21 Å². The van der Waals surface area contributed by atoms with E-state index in [-0.39, 0.29) is 23.8 Å². The Balaban J connectivity index is 2.50. The van der Waals surface area contributed by atoms with Crippen LogP contribution in [-0.4, -0.2) is 36.1 Å². The molecule has 0 fully saturated rings. The van der Waals surface area contributed by atoms with E-state index in [4.69, 9.17) is 5.14 Å².